The number of rotatable bonds is 0. The number of allylic oxidation sites excluding steroid dienone is 3. The minimum Gasteiger partial charge on any atom is -0.457 e. The minimum absolute atomic E-state index is 0.0705. The predicted octanol–water partition coefficient (Wildman–Crippen LogP) is 6.40. The Morgan fingerprint density at radius 1 is 1.00 bits per heavy atom. The van der Waals surface area contributed by atoms with Gasteiger partial charge < -0.3 is 4.74 Å². The highest BCUT2D eigenvalue weighted by Crippen LogP contribution is 2.46. The first kappa shape index (κ1) is 17.6. The SMILES string of the molecule is CC.CC1(C)C2=CCCC=C2Oc2ccccc21.CCC. The van der Waals surface area contributed by atoms with Crippen LogP contribution in [-0.2, 0) is 5.41 Å². The Kier molecular flexibility index (Phi) is 6.74. The Hall–Kier alpha value is -1.50. The lowest BCUT2D eigenvalue weighted by atomic mass is 9.73. The second-order valence-corrected chi connectivity index (χ2v) is 5.69. The Morgan fingerprint density at radius 3 is 2.24 bits per heavy atom. The van der Waals surface area contributed by atoms with Crippen molar-refractivity contribution < 1.29 is 4.74 Å². The van der Waals surface area contributed by atoms with E-state index in [0.29, 0.717) is 0 Å². The molecular weight excluding hydrogens is 256 g/mol. The molecule has 0 radical (unpaired) electrons. The molecule has 1 heterocycles. The van der Waals surface area contributed by atoms with Crippen LogP contribution in [0.4, 0.5) is 0 Å². The predicted molar refractivity (Wildman–Crippen MR) is 92.8 cm³/mol. The van der Waals surface area contributed by atoms with Gasteiger partial charge in [0.25, 0.3) is 0 Å². The fraction of sp³-hybridized carbons (Fsp3) is 0.500. The van der Waals surface area contributed by atoms with E-state index in [2.05, 4.69) is 58.0 Å². The van der Waals surface area contributed by atoms with Gasteiger partial charge in [-0.2, -0.15) is 0 Å². The van der Waals surface area contributed by atoms with Crippen molar-refractivity contribution in [2.75, 3.05) is 0 Å². The van der Waals surface area contributed by atoms with Crippen LogP contribution in [0, 0.1) is 0 Å². The zero-order valence-corrected chi connectivity index (χ0v) is 14.5. The lowest BCUT2D eigenvalue weighted by Gasteiger charge is -2.37. The third-order valence-electron chi connectivity index (χ3n) is 3.56. The maximum atomic E-state index is 5.96. The molecular formula is C20H30O. The van der Waals surface area contributed by atoms with Crippen molar-refractivity contribution >= 4 is 0 Å². The molecule has 0 spiro atoms. The van der Waals surface area contributed by atoms with Crippen molar-refractivity contribution in [2.24, 2.45) is 0 Å². The van der Waals surface area contributed by atoms with E-state index in [0.717, 1.165) is 24.4 Å². The lowest BCUT2D eigenvalue weighted by molar-refractivity contribution is 0.366. The third kappa shape index (κ3) is 3.78. The van der Waals surface area contributed by atoms with E-state index in [-0.39, 0.29) is 5.41 Å². The molecule has 116 valence electrons. The largest absolute Gasteiger partial charge is 0.457 e. The molecule has 1 aromatic rings. The average molecular weight is 286 g/mol. The van der Waals surface area contributed by atoms with Crippen molar-refractivity contribution in [3.63, 3.8) is 0 Å². The summed E-state index contributed by atoms with van der Waals surface area (Å²) in [5.74, 6) is 2.08. The number of para-hydroxylation sites is 1. The van der Waals surface area contributed by atoms with E-state index in [9.17, 15) is 0 Å². The zero-order chi connectivity index (χ0) is 15.9. The van der Waals surface area contributed by atoms with Gasteiger partial charge >= 0.3 is 0 Å². The van der Waals surface area contributed by atoms with E-state index < -0.39 is 0 Å². The van der Waals surface area contributed by atoms with E-state index in [4.69, 9.17) is 4.74 Å². The van der Waals surface area contributed by atoms with Gasteiger partial charge in [-0.05, 0) is 25.0 Å². The third-order valence-corrected chi connectivity index (χ3v) is 3.56. The molecule has 0 aromatic heterocycles. The van der Waals surface area contributed by atoms with Crippen molar-refractivity contribution in [1.82, 2.24) is 0 Å². The van der Waals surface area contributed by atoms with E-state index in [1.807, 2.05) is 19.9 Å². The molecule has 0 saturated carbocycles. The van der Waals surface area contributed by atoms with Crippen LogP contribution in [-0.4, -0.2) is 0 Å². The fourth-order valence-corrected chi connectivity index (χ4v) is 2.65. The molecule has 3 rings (SSSR count). The second kappa shape index (κ2) is 8.07. The molecule has 1 aliphatic heterocycles. The zero-order valence-electron chi connectivity index (χ0n) is 14.5. The molecule has 1 aliphatic carbocycles. The number of hydrogen-bond donors (Lipinski definition) is 0. The highest BCUT2D eigenvalue weighted by Gasteiger charge is 2.36. The van der Waals surface area contributed by atoms with E-state index >= 15 is 0 Å². The highest BCUT2D eigenvalue weighted by molar-refractivity contribution is 5.55. The summed E-state index contributed by atoms with van der Waals surface area (Å²) in [5.41, 5.74) is 2.71. The molecule has 1 aromatic carbocycles. The summed E-state index contributed by atoms with van der Waals surface area (Å²) >= 11 is 0. The van der Waals surface area contributed by atoms with Gasteiger partial charge in [0.2, 0.25) is 0 Å². The molecule has 0 bridgehead atoms. The first-order valence-corrected chi connectivity index (χ1v) is 8.29. The maximum Gasteiger partial charge on any atom is 0.131 e. The van der Waals surface area contributed by atoms with Gasteiger partial charge in [-0.25, -0.2) is 0 Å². The molecule has 1 nitrogen and oxygen atoms in total. The summed E-state index contributed by atoms with van der Waals surface area (Å²) in [5, 5.41) is 0. The summed E-state index contributed by atoms with van der Waals surface area (Å²) < 4.78 is 5.96. The van der Waals surface area contributed by atoms with Gasteiger partial charge in [-0.3, -0.25) is 0 Å². The summed E-state index contributed by atoms with van der Waals surface area (Å²) in [6.45, 7) is 12.8. The summed E-state index contributed by atoms with van der Waals surface area (Å²) in [7, 11) is 0. The Bertz CT molecular complexity index is 506. The number of hydrogen-bond acceptors (Lipinski definition) is 1. The van der Waals surface area contributed by atoms with Crippen LogP contribution in [0.15, 0.2) is 47.7 Å². The van der Waals surface area contributed by atoms with Crippen molar-refractivity contribution in [2.45, 2.75) is 66.2 Å². The van der Waals surface area contributed by atoms with Gasteiger partial charge in [0.15, 0.2) is 0 Å². The Labute approximate surface area is 130 Å². The molecule has 2 aliphatic rings. The maximum absolute atomic E-state index is 5.96. The average Bonchev–Trinajstić information content (AvgIpc) is 2.50. The quantitative estimate of drug-likeness (QED) is 0.536. The van der Waals surface area contributed by atoms with Gasteiger partial charge in [-0.15, -0.1) is 0 Å². The van der Waals surface area contributed by atoms with Crippen LogP contribution in [0.5, 0.6) is 5.75 Å². The summed E-state index contributed by atoms with van der Waals surface area (Å²) in [6.07, 6.45) is 8.02. The van der Waals surface area contributed by atoms with Crippen molar-refractivity contribution in [3.05, 3.63) is 53.3 Å². The normalized spacial score (nSPS) is 17.2. The first-order chi connectivity index (χ1) is 10.1. The van der Waals surface area contributed by atoms with Crippen LogP contribution < -0.4 is 4.74 Å². The lowest BCUT2D eigenvalue weighted by Crippen LogP contribution is -2.29. The Balaban J connectivity index is 0.000000395. The topological polar surface area (TPSA) is 9.23 Å². The minimum atomic E-state index is 0.0705. The van der Waals surface area contributed by atoms with Gasteiger partial charge in [0, 0.05) is 16.6 Å². The van der Waals surface area contributed by atoms with Gasteiger partial charge in [0.05, 0.1) is 0 Å². The van der Waals surface area contributed by atoms with Crippen LogP contribution in [0.3, 0.4) is 0 Å². The molecule has 0 saturated heterocycles. The fourth-order valence-electron chi connectivity index (χ4n) is 2.65. The van der Waals surface area contributed by atoms with Crippen LogP contribution in [0.2, 0.25) is 0 Å². The molecule has 0 atom stereocenters. The van der Waals surface area contributed by atoms with Crippen LogP contribution in [0.25, 0.3) is 0 Å². The monoisotopic (exact) mass is 286 g/mol. The molecule has 0 amide bonds. The number of fused-ring (bicyclic) bond motifs is 2. The van der Waals surface area contributed by atoms with Crippen LogP contribution >= 0.6 is 0 Å². The molecule has 0 N–H and O–H groups in total. The molecule has 0 unspecified atom stereocenters. The number of benzene rings is 1. The van der Waals surface area contributed by atoms with Gasteiger partial charge in [0.1, 0.15) is 11.5 Å². The molecule has 0 fully saturated rings. The standard InChI is InChI=1S/C15H16O.C3H8.C2H6/c1-15(2)11-7-3-5-9-13(11)16-14-10-6-4-8-12(14)15;1-3-2;1-2/h3,5,7-10H,4,6H2,1-2H3;3H2,1-2H3;1-2H3. The van der Waals surface area contributed by atoms with Crippen molar-refractivity contribution in [1.29, 1.82) is 0 Å². The summed E-state index contributed by atoms with van der Waals surface area (Å²) in [6, 6.07) is 8.35. The van der Waals surface area contributed by atoms with Crippen molar-refractivity contribution in [3.8, 4) is 5.75 Å². The molecule has 21 heavy (non-hydrogen) atoms. The highest BCUT2D eigenvalue weighted by atomic mass is 16.5. The Morgan fingerprint density at radius 2 is 1.57 bits per heavy atom. The summed E-state index contributed by atoms with van der Waals surface area (Å²) in [4.78, 5) is 0. The van der Waals surface area contributed by atoms with Gasteiger partial charge in [-0.1, -0.05) is 72.2 Å². The first-order valence-electron chi connectivity index (χ1n) is 8.29. The van der Waals surface area contributed by atoms with E-state index in [1.165, 1.54) is 17.6 Å². The second-order valence-electron chi connectivity index (χ2n) is 5.69. The van der Waals surface area contributed by atoms with E-state index in [1.54, 1.807) is 0 Å². The smallest absolute Gasteiger partial charge is 0.131 e. The van der Waals surface area contributed by atoms with Crippen LogP contribution in [0.1, 0.15) is 66.4 Å². The number of ether oxygens (including phenoxy) is 1. The molecule has 1 heteroatoms.